The molecule has 0 unspecified atom stereocenters. The van der Waals surface area contributed by atoms with Crippen molar-refractivity contribution in [3.8, 4) is 11.5 Å². The van der Waals surface area contributed by atoms with Gasteiger partial charge in [-0.05, 0) is 72.9 Å². The first kappa shape index (κ1) is 22.7. The molecule has 31 heavy (non-hydrogen) atoms. The fraction of sp³-hybridized carbons (Fsp3) is 0.0952. The zero-order valence-corrected chi connectivity index (χ0v) is 19.1. The minimum Gasteiger partial charge on any atom is -0.497 e. The molecular weight excluding hydrogens is 458 g/mol. The Morgan fingerprint density at radius 1 is 0.871 bits per heavy atom. The van der Waals surface area contributed by atoms with Crippen LogP contribution in [0.25, 0.3) is 0 Å². The van der Waals surface area contributed by atoms with Crippen molar-refractivity contribution < 1.29 is 17.9 Å². The predicted molar refractivity (Wildman–Crippen MR) is 128 cm³/mol. The first-order valence-corrected chi connectivity index (χ1v) is 11.3. The van der Waals surface area contributed by atoms with E-state index in [9.17, 15) is 8.42 Å². The van der Waals surface area contributed by atoms with Crippen molar-refractivity contribution in [2.75, 3.05) is 29.6 Å². The van der Waals surface area contributed by atoms with Gasteiger partial charge in [0, 0.05) is 22.5 Å². The largest absolute Gasteiger partial charge is 0.497 e. The van der Waals surface area contributed by atoms with Gasteiger partial charge >= 0.3 is 0 Å². The first-order chi connectivity index (χ1) is 14.8. The van der Waals surface area contributed by atoms with E-state index in [-0.39, 0.29) is 4.90 Å². The van der Waals surface area contributed by atoms with E-state index in [1.165, 1.54) is 12.1 Å². The van der Waals surface area contributed by atoms with E-state index in [0.717, 1.165) is 0 Å². The lowest BCUT2D eigenvalue weighted by Crippen LogP contribution is -2.19. The van der Waals surface area contributed by atoms with Crippen molar-refractivity contribution in [2.24, 2.45) is 0 Å². The molecule has 3 aromatic rings. The minimum atomic E-state index is -3.73. The zero-order chi connectivity index (χ0) is 22.4. The number of hydrogen-bond acceptors (Lipinski definition) is 5. The van der Waals surface area contributed by atoms with E-state index in [4.69, 9.17) is 33.3 Å². The fourth-order valence-electron chi connectivity index (χ4n) is 2.64. The Kier molecular flexibility index (Phi) is 7.21. The number of halogens is 1. The van der Waals surface area contributed by atoms with E-state index < -0.39 is 10.0 Å². The van der Waals surface area contributed by atoms with Crippen LogP contribution >= 0.6 is 23.8 Å². The minimum absolute atomic E-state index is 0.115. The maximum atomic E-state index is 12.6. The first-order valence-electron chi connectivity index (χ1n) is 8.99. The number of thiocarbonyl (C=S) groups is 1. The number of sulfonamides is 1. The molecule has 162 valence electrons. The predicted octanol–water partition coefficient (Wildman–Crippen LogP) is 4.97. The van der Waals surface area contributed by atoms with Gasteiger partial charge in [0.15, 0.2) is 5.11 Å². The van der Waals surface area contributed by atoms with Crippen molar-refractivity contribution in [1.29, 1.82) is 0 Å². The molecule has 3 rings (SSSR count). The third-order valence-corrected chi connectivity index (χ3v) is 6.03. The van der Waals surface area contributed by atoms with Crippen molar-refractivity contribution >= 4 is 56.0 Å². The summed E-state index contributed by atoms with van der Waals surface area (Å²) in [7, 11) is -0.612. The van der Waals surface area contributed by atoms with Crippen molar-refractivity contribution in [1.82, 2.24) is 0 Å². The molecule has 3 aromatic carbocycles. The highest BCUT2D eigenvalue weighted by atomic mass is 35.5. The second-order valence-electron chi connectivity index (χ2n) is 6.28. The van der Waals surface area contributed by atoms with Crippen LogP contribution in [0.4, 0.5) is 17.1 Å². The Morgan fingerprint density at radius 3 is 2.13 bits per heavy atom. The average molecular weight is 478 g/mol. The topological polar surface area (TPSA) is 88.7 Å². The van der Waals surface area contributed by atoms with Crippen LogP contribution in [-0.4, -0.2) is 27.7 Å². The van der Waals surface area contributed by atoms with Gasteiger partial charge in [0.05, 0.1) is 24.8 Å². The molecular formula is C21H20ClN3O4S2. The highest BCUT2D eigenvalue weighted by Gasteiger charge is 2.14. The number of rotatable bonds is 7. The second kappa shape index (κ2) is 9.86. The molecule has 0 aliphatic heterocycles. The van der Waals surface area contributed by atoms with Gasteiger partial charge in [-0.1, -0.05) is 11.6 Å². The molecule has 0 bridgehead atoms. The van der Waals surface area contributed by atoms with E-state index in [1.54, 1.807) is 68.8 Å². The highest BCUT2D eigenvalue weighted by Crippen LogP contribution is 2.29. The van der Waals surface area contributed by atoms with Crippen molar-refractivity contribution in [3.05, 3.63) is 71.8 Å². The van der Waals surface area contributed by atoms with Crippen molar-refractivity contribution in [2.45, 2.75) is 4.90 Å². The normalized spacial score (nSPS) is 10.8. The van der Waals surface area contributed by atoms with Gasteiger partial charge in [-0.3, -0.25) is 4.72 Å². The third-order valence-electron chi connectivity index (χ3n) is 4.18. The van der Waals surface area contributed by atoms with Crippen LogP contribution in [0.1, 0.15) is 0 Å². The van der Waals surface area contributed by atoms with Gasteiger partial charge in [0.25, 0.3) is 10.0 Å². The Hall–Kier alpha value is -3.01. The Morgan fingerprint density at radius 2 is 1.52 bits per heavy atom. The third kappa shape index (κ3) is 6.00. The van der Waals surface area contributed by atoms with Gasteiger partial charge in [-0.25, -0.2) is 8.42 Å². The van der Waals surface area contributed by atoms with E-state index in [2.05, 4.69) is 15.4 Å². The Balaban J connectivity index is 1.66. The van der Waals surface area contributed by atoms with Crippen LogP contribution in [0.2, 0.25) is 5.02 Å². The lowest BCUT2D eigenvalue weighted by Gasteiger charge is -2.14. The average Bonchev–Trinajstić information content (AvgIpc) is 2.76. The molecule has 7 nitrogen and oxygen atoms in total. The molecule has 10 heteroatoms. The lowest BCUT2D eigenvalue weighted by atomic mass is 10.2. The second-order valence-corrected chi connectivity index (χ2v) is 8.81. The molecule has 0 radical (unpaired) electrons. The van der Waals surface area contributed by atoms with Crippen LogP contribution < -0.4 is 24.8 Å². The Labute approximate surface area is 191 Å². The summed E-state index contributed by atoms with van der Waals surface area (Å²) in [5.41, 5.74) is 1.70. The van der Waals surface area contributed by atoms with Crippen molar-refractivity contribution in [3.63, 3.8) is 0 Å². The smallest absolute Gasteiger partial charge is 0.261 e. The lowest BCUT2D eigenvalue weighted by molar-refractivity contribution is 0.395. The summed E-state index contributed by atoms with van der Waals surface area (Å²) in [4.78, 5) is 0.115. The van der Waals surface area contributed by atoms with E-state index in [0.29, 0.717) is 38.7 Å². The van der Waals surface area contributed by atoms with Gasteiger partial charge < -0.3 is 20.1 Å². The van der Waals surface area contributed by atoms with Gasteiger partial charge in [-0.15, -0.1) is 0 Å². The number of anilines is 3. The maximum Gasteiger partial charge on any atom is 0.261 e. The standard InChI is InChI=1S/C21H20ClN3O4S2/c1-28-17-9-12-19(20(13-17)29-2)24-21(30)23-15-7-10-18(11-8-15)31(26,27)25-16-5-3-14(22)4-6-16/h3-13,25H,1-2H3,(H2,23,24,30). The maximum absolute atomic E-state index is 12.6. The molecule has 0 heterocycles. The molecule has 0 spiro atoms. The quantitative estimate of drug-likeness (QED) is 0.414. The van der Waals surface area contributed by atoms with E-state index in [1.807, 2.05) is 0 Å². The SMILES string of the molecule is COc1ccc(NC(=S)Nc2ccc(S(=O)(=O)Nc3ccc(Cl)cc3)cc2)c(OC)c1. The van der Waals surface area contributed by atoms with Gasteiger partial charge in [0.1, 0.15) is 11.5 Å². The Bertz CT molecular complexity index is 1170. The molecule has 0 aliphatic rings. The summed E-state index contributed by atoms with van der Waals surface area (Å²) < 4.78 is 38.1. The number of methoxy groups -OCH3 is 2. The van der Waals surface area contributed by atoms with Crippen LogP contribution in [0, 0.1) is 0 Å². The highest BCUT2D eigenvalue weighted by molar-refractivity contribution is 7.92. The molecule has 3 N–H and O–H groups in total. The fourth-order valence-corrected chi connectivity index (χ4v) is 4.05. The molecule has 0 saturated heterocycles. The molecule has 0 fully saturated rings. The van der Waals surface area contributed by atoms with Gasteiger partial charge in [-0.2, -0.15) is 0 Å². The number of hydrogen-bond donors (Lipinski definition) is 3. The summed E-state index contributed by atoms with van der Waals surface area (Å²) in [6.07, 6.45) is 0. The molecule has 0 aromatic heterocycles. The summed E-state index contributed by atoms with van der Waals surface area (Å²) in [5.74, 6) is 1.23. The summed E-state index contributed by atoms with van der Waals surface area (Å²) in [6.45, 7) is 0. The monoisotopic (exact) mass is 477 g/mol. The molecule has 0 saturated carbocycles. The zero-order valence-electron chi connectivity index (χ0n) is 16.7. The van der Waals surface area contributed by atoms with Crippen LogP contribution in [0.15, 0.2) is 71.6 Å². The number of ether oxygens (including phenoxy) is 2. The van der Waals surface area contributed by atoms with Gasteiger partial charge in [0.2, 0.25) is 0 Å². The van der Waals surface area contributed by atoms with Crippen LogP contribution in [-0.2, 0) is 10.0 Å². The summed E-state index contributed by atoms with van der Waals surface area (Å²) in [5, 5.41) is 6.89. The molecule has 0 atom stereocenters. The molecule has 0 aliphatic carbocycles. The van der Waals surface area contributed by atoms with E-state index >= 15 is 0 Å². The summed E-state index contributed by atoms with van der Waals surface area (Å²) in [6, 6.07) is 17.9. The van der Waals surface area contributed by atoms with Crippen LogP contribution in [0.3, 0.4) is 0 Å². The summed E-state index contributed by atoms with van der Waals surface area (Å²) >= 11 is 11.2. The number of nitrogens with one attached hydrogen (secondary N) is 3. The molecule has 0 amide bonds. The number of benzene rings is 3. The van der Waals surface area contributed by atoms with Crippen LogP contribution in [0.5, 0.6) is 11.5 Å².